The average molecular weight is 450 g/mol. The highest BCUT2D eigenvalue weighted by atomic mass is 127. The lowest BCUT2D eigenvalue weighted by Gasteiger charge is -2.16. The molecule has 0 saturated heterocycles. The van der Waals surface area contributed by atoms with Gasteiger partial charge in [-0.3, -0.25) is 4.99 Å². The number of hydrogen-bond donors (Lipinski definition) is 2. The number of hydrogen-bond acceptors (Lipinski definition) is 4. The van der Waals surface area contributed by atoms with Crippen molar-refractivity contribution in [3.8, 4) is 11.5 Å². The number of nitrogens with zero attached hydrogens (tertiary/aromatic N) is 2. The van der Waals surface area contributed by atoms with Crippen molar-refractivity contribution < 1.29 is 9.47 Å². The lowest BCUT2D eigenvalue weighted by atomic mass is 10.1. The molecule has 0 heterocycles. The van der Waals surface area contributed by atoms with Gasteiger partial charge in [0.2, 0.25) is 0 Å². The second-order valence-corrected chi connectivity index (χ2v) is 5.16. The van der Waals surface area contributed by atoms with E-state index in [0.29, 0.717) is 5.96 Å². The molecule has 0 amide bonds. The molecule has 0 saturated carbocycles. The second-order valence-electron chi connectivity index (χ2n) is 5.16. The standard InChI is InChI=1S/C17H30N4O2.HI/c1-5-21(6-2)12-11-20-17(18)19-10-9-14-7-8-15(22-3)16(13-14)23-4;/h7-8,13H,5-6,9-12H2,1-4H3,(H3,18,19,20);1H. The first-order chi connectivity index (χ1) is 11.1. The van der Waals surface area contributed by atoms with E-state index >= 15 is 0 Å². The van der Waals surface area contributed by atoms with Gasteiger partial charge in [0.25, 0.3) is 0 Å². The molecule has 0 bridgehead atoms. The largest absolute Gasteiger partial charge is 0.493 e. The van der Waals surface area contributed by atoms with Crippen LogP contribution in [0, 0.1) is 0 Å². The molecular formula is C17H31IN4O2. The number of halogens is 1. The zero-order valence-corrected chi connectivity index (χ0v) is 17.5. The third-order valence-electron chi connectivity index (χ3n) is 3.76. The number of likely N-dealkylation sites (N-methyl/N-ethyl adjacent to an activating group) is 1. The van der Waals surface area contributed by atoms with Gasteiger partial charge < -0.3 is 25.4 Å². The van der Waals surface area contributed by atoms with Gasteiger partial charge in [-0.05, 0) is 37.2 Å². The predicted octanol–water partition coefficient (Wildman–Crippen LogP) is 2.11. The molecule has 7 heteroatoms. The summed E-state index contributed by atoms with van der Waals surface area (Å²) in [7, 11) is 3.27. The maximum Gasteiger partial charge on any atom is 0.188 e. The highest BCUT2D eigenvalue weighted by molar-refractivity contribution is 14.0. The molecule has 0 fully saturated rings. The van der Waals surface area contributed by atoms with Crippen molar-refractivity contribution in [1.29, 1.82) is 0 Å². The van der Waals surface area contributed by atoms with Crippen LogP contribution in [0.3, 0.4) is 0 Å². The highest BCUT2D eigenvalue weighted by Gasteiger charge is 2.04. The number of benzene rings is 1. The van der Waals surface area contributed by atoms with Gasteiger partial charge in [-0.1, -0.05) is 19.9 Å². The summed E-state index contributed by atoms with van der Waals surface area (Å²) in [6.45, 7) is 8.77. The Kier molecular flexibility index (Phi) is 12.4. The summed E-state index contributed by atoms with van der Waals surface area (Å²) >= 11 is 0. The summed E-state index contributed by atoms with van der Waals surface area (Å²) in [5.74, 6) is 1.98. The molecule has 3 N–H and O–H groups in total. The van der Waals surface area contributed by atoms with E-state index in [1.165, 1.54) is 0 Å². The van der Waals surface area contributed by atoms with E-state index in [2.05, 4.69) is 29.1 Å². The maximum absolute atomic E-state index is 5.88. The van der Waals surface area contributed by atoms with Crippen LogP contribution in [-0.2, 0) is 6.42 Å². The fourth-order valence-electron chi connectivity index (χ4n) is 2.28. The van der Waals surface area contributed by atoms with Crippen LogP contribution in [0.5, 0.6) is 11.5 Å². The van der Waals surface area contributed by atoms with E-state index in [0.717, 1.165) is 56.2 Å². The maximum atomic E-state index is 5.88. The zero-order valence-electron chi connectivity index (χ0n) is 15.2. The van der Waals surface area contributed by atoms with Crippen molar-refractivity contribution >= 4 is 29.9 Å². The third-order valence-corrected chi connectivity index (χ3v) is 3.76. The number of nitrogens with two attached hydrogens (primary N) is 1. The van der Waals surface area contributed by atoms with Crippen molar-refractivity contribution in [3.05, 3.63) is 23.8 Å². The molecule has 0 aliphatic heterocycles. The number of nitrogens with one attached hydrogen (secondary N) is 1. The van der Waals surface area contributed by atoms with E-state index in [4.69, 9.17) is 15.2 Å². The Morgan fingerprint density at radius 2 is 1.83 bits per heavy atom. The molecule has 138 valence electrons. The minimum Gasteiger partial charge on any atom is -0.493 e. The fourth-order valence-corrected chi connectivity index (χ4v) is 2.28. The van der Waals surface area contributed by atoms with Gasteiger partial charge in [0.05, 0.1) is 20.8 Å². The molecule has 0 atom stereocenters. The van der Waals surface area contributed by atoms with E-state index in [-0.39, 0.29) is 24.0 Å². The van der Waals surface area contributed by atoms with Crippen LogP contribution < -0.4 is 20.5 Å². The molecule has 1 aromatic carbocycles. The number of methoxy groups -OCH3 is 2. The molecule has 0 spiro atoms. The normalized spacial score (nSPS) is 11.1. The lowest BCUT2D eigenvalue weighted by Crippen LogP contribution is -2.34. The number of guanidine groups is 1. The van der Waals surface area contributed by atoms with Gasteiger partial charge in [-0.15, -0.1) is 24.0 Å². The van der Waals surface area contributed by atoms with Crippen LogP contribution in [-0.4, -0.2) is 57.8 Å². The summed E-state index contributed by atoms with van der Waals surface area (Å²) in [6, 6.07) is 5.92. The summed E-state index contributed by atoms with van der Waals surface area (Å²) in [5.41, 5.74) is 7.04. The quantitative estimate of drug-likeness (QED) is 0.325. The van der Waals surface area contributed by atoms with Crippen LogP contribution >= 0.6 is 24.0 Å². The van der Waals surface area contributed by atoms with Crippen LogP contribution in [0.2, 0.25) is 0 Å². The Bertz CT molecular complexity index is 493. The molecule has 24 heavy (non-hydrogen) atoms. The smallest absolute Gasteiger partial charge is 0.188 e. The SMILES string of the molecule is CCN(CC)CCN=C(N)NCCc1ccc(OC)c(OC)c1.I. The van der Waals surface area contributed by atoms with Crippen LogP contribution in [0.15, 0.2) is 23.2 Å². The second kappa shape index (κ2) is 13.1. The van der Waals surface area contributed by atoms with Crippen molar-refractivity contribution in [1.82, 2.24) is 10.2 Å². The highest BCUT2D eigenvalue weighted by Crippen LogP contribution is 2.27. The third kappa shape index (κ3) is 8.05. The van der Waals surface area contributed by atoms with Crippen LogP contribution in [0.1, 0.15) is 19.4 Å². The Morgan fingerprint density at radius 1 is 1.17 bits per heavy atom. The fraction of sp³-hybridized carbons (Fsp3) is 0.588. The molecular weight excluding hydrogens is 419 g/mol. The van der Waals surface area contributed by atoms with Crippen molar-refractivity contribution in [2.24, 2.45) is 10.7 Å². The van der Waals surface area contributed by atoms with Crippen molar-refractivity contribution in [2.45, 2.75) is 20.3 Å². The Labute approximate surface area is 162 Å². The molecule has 0 aliphatic carbocycles. The Hall–Kier alpha value is -1.22. The summed E-state index contributed by atoms with van der Waals surface area (Å²) in [6.07, 6.45) is 0.840. The Morgan fingerprint density at radius 3 is 2.42 bits per heavy atom. The van der Waals surface area contributed by atoms with Crippen molar-refractivity contribution in [3.63, 3.8) is 0 Å². The molecule has 0 aromatic heterocycles. The monoisotopic (exact) mass is 450 g/mol. The lowest BCUT2D eigenvalue weighted by molar-refractivity contribution is 0.313. The first-order valence-electron chi connectivity index (χ1n) is 8.11. The van der Waals surface area contributed by atoms with Crippen molar-refractivity contribution in [2.75, 3.05) is 46.9 Å². The van der Waals surface area contributed by atoms with E-state index in [1.54, 1.807) is 14.2 Å². The van der Waals surface area contributed by atoms with Crippen LogP contribution in [0.4, 0.5) is 0 Å². The zero-order chi connectivity index (χ0) is 17.1. The first kappa shape index (κ1) is 22.8. The minimum atomic E-state index is 0. The molecule has 1 rings (SSSR count). The van der Waals surface area contributed by atoms with Gasteiger partial charge in [-0.2, -0.15) is 0 Å². The molecule has 1 aromatic rings. The van der Waals surface area contributed by atoms with Crippen LogP contribution in [0.25, 0.3) is 0 Å². The molecule has 0 unspecified atom stereocenters. The number of rotatable bonds is 10. The topological polar surface area (TPSA) is 72.1 Å². The van der Waals surface area contributed by atoms with Gasteiger partial charge in [0, 0.05) is 13.1 Å². The van der Waals surface area contributed by atoms with Gasteiger partial charge >= 0.3 is 0 Å². The van der Waals surface area contributed by atoms with E-state index < -0.39 is 0 Å². The van der Waals surface area contributed by atoms with E-state index in [1.807, 2.05) is 18.2 Å². The predicted molar refractivity (Wildman–Crippen MR) is 111 cm³/mol. The van der Waals surface area contributed by atoms with E-state index in [9.17, 15) is 0 Å². The molecule has 0 radical (unpaired) electrons. The Balaban J connectivity index is 0.00000529. The first-order valence-corrected chi connectivity index (χ1v) is 8.11. The molecule has 6 nitrogen and oxygen atoms in total. The molecule has 0 aliphatic rings. The number of aliphatic imine (C=N–C) groups is 1. The van der Waals surface area contributed by atoms with Gasteiger partial charge in [0.1, 0.15) is 0 Å². The summed E-state index contributed by atoms with van der Waals surface area (Å²) in [5, 5.41) is 3.14. The minimum absolute atomic E-state index is 0. The summed E-state index contributed by atoms with van der Waals surface area (Å²) in [4.78, 5) is 6.67. The average Bonchev–Trinajstić information content (AvgIpc) is 2.58. The van der Waals surface area contributed by atoms with Gasteiger partial charge in [0.15, 0.2) is 17.5 Å². The van der Waals surface area contributed by atoms with Gasteiger partial charge in [-0.25, -0.2) is 0 Å². The number of ether oxygens (including phenoxy) is 2. The summed E-state index contributed by atoms with van der Waals surface area (Å²) < 4.78 is 10.5.